The fraction of sp³-hybridized carbons (Fsp3) is 1.00. The van der Waals surface area contributed by atoms with E-state index in [4.69, 9.17) is 4.74 Å². The first-order valence-electron chi connectivity index (χ1n) is 6.69. The Morgan fingerprint density at radius 1 is 1.06 bits per heavy atom. The number of nitrogens with one attached hydrogen (secondary N) is 1. The van der Waals surface area contributed by atoms with Crippen LogP contribution in [0.5, 0.6) is 0 Å². The molecule has 0 aromatic rings. The van der Waals surface area contributed by atoms with Crippen molar-refractivity contribution >= 4 is 0 Å². The summed E-state index contributed by atoms with van der Waals surface area (Å²) in [4.78, 5) is 1.15. The van der Waals surface area contributed by atoms with Gasteiger partial charge < -0.3 is 31.7 Å². The van der Waals surface area contributed by atoms with Crippen molar-refractivity contribution < 1.29 is 31.7 Å². The minimum Gasteiger partial charge on any atom is -1.00 e. The van der Waals surface area contributed by atoms with Gasteiger partial charge in [-0.3, -0.25) is 0 Å². The Kier molecular flexibility index (Phi) is 14.8. The fourth-order valence-corrected chi connectivity index (χ4v) is 1.88. The van der Waals surface area contributed by atoms with Gasteiger partial charge in [0, 0.05) is 0 Å². The van der Waals surface area contributed by atoms with E-state index in [1.807, 2.05) is 14.1 Å². The summed E-state index contributed by atoms with van der Waals surface area (Å²) in [5.41, 5.74) is 0. The monoisotopic (exact) mass is 311 g/mol. The number of aliphatic hydroxyl groups excluding tert-OH is 1. The highest BCUT2D eigenvalue weighted by molar-refractivity contribution is 4.50. The third kappa shape index (κ3) is 11.2. The standard InChI is InChI=1S/C13H29NO2.BrH/c1-5-6-7-8-9-10-11-16-13(12(2)15)14(3)4;/h12-13,15H,5-11H2,1-4H3;1H. The van der Waals surface area contributed by atoms with Gasteiger partial charge in [-0.2, -0.15) is 0 Å². The Balaban J connectivity index is 0. The van der Waals surface area contributed by atoms with Crippen molar-refractivity contribution in [3.63, 3.8) is 0 Å². The average Bonchev–Trinajstić information content (AvgIpc) is 2.21. The average molecular weight is 312 g/mol. The molecular weight excluding hydrogens is 282 g/mol. The molecule has 0 aliphatic carbocycles. The molecule has 0 radical (unpaired) electrons. The predicted octanol–water partition coefficient (Wildman–Crippen LogP) is -1.78. The number of hydrogen-bond donors (Lipinski definition) is 2. The number of aliphatic hydroxyl groups is 1. The van der Waals surface area contributed by atoms with Crippen LogP contribution in [-0.4, -0.2) is 38.1 Å². The summed E-state index contributed by atoms with van der Waals surface area (Å²) < 4.78 is 5.68. The maximum atomic E-state index is 9.51. The molecule has 0 aliphatic heterocycles. The van der Waals surface area contributed by atoms with Crippen LogP contribution in [0.25, 0.3) is 0 Å². The molecule has 0 aliphatic rings. The molecule has 2 N–H and O–H groups in total. The van der Waals surface area contributed by atoms with Gasteiger partial charge in [0.15, 0.2) is 0 Å². The van der Waals surface area contributed by atoms with Crippen molar-refractivity contribution in [3.05, 3.63) is 0 Å². The molecule has 106 valence electrons. The number of likely N-dealkylation sites (N-methyl/N-ethyl adjacent to an activating group) is 1. The largest absolute Gasteiger partial charge is 1.00 e. The number of halogens is 1. The van der Waals surface area contributed by atoms with Crippen LogP contribution in [0.2, 0.25) is 0 Å². The Morgan fingerprint density at radius 3 is 2.06 bits per heavy atom. The minimum absolute atomic E-state index is 0. The van der Waals surface area contributed by atoms with Crippen molar-refractivity contribution in [3.8, 4) is 0 Å². The number of quaternary nitrogens is 1. The van der Waals surface area contributed by atoms with Crippen LogP contribution in [0.4, 0.5) is 0 Å². The first-order chi connectivity index (χ1) is 7.59. The maximum Gasteiger partial charge on any atom is 0.217 e. The number of unbranched alkanes of at least 4 members (excludes halogenated alkanes) is 5. The van der Waals surface area contributed by atoms with Crippen LogP contribution >= 0.6 is 0 Å². The molecule has 2 unspecified atom stereocenters. The SMILES string of the molecule is CCCCCCCCOC(C(C)O)[NH+](C)C.[Br-]. The van der Waals surface area contributed by atoms with Gasteiger partial charge in [-0.1, -0.05) is 39.0 Å². The summed E-state index contributed by atoms with van der Waals surface area (Å²) in [7, 11) is 4.03. The Morgan fingerprint density at radius 2 is 1.59 bits per heavy atom. The molecule has 0 rings (SSSR count). The van der Waals surface area contributed by atoms with Crippen molar-refractivity contribution in [2.24, 2.45) is 0 Å². The predicted molar refractivity (Wildman–Crippen MR) is 67.6 cm³/mol. The molecule has 0 fully saturated rings. The normalized spacial score (nSPS) is 14.5. The lowest BCUT2D eigenvalue weighted by molar-refractivity contribution is -0.915. The van der Waals surface area contributed by atoms with E-state index in [-0.39, 0.29) is 23.2 Å². The second-order valence-corrected chi connectivity index (χ2v) is 4.88. The Hall–Kier alpha value is 0.360. The van der Waals surface area contributed by atoms with Crippen LogP contribution < -0.4 is 21.9 Å². The van der Waals surface area contributed by atoms with Crippen LogP contribution in [0.1, 0.15) is 52.4 Å². The highest BCUT2D eigenvalue weighted by atomic mass is 79.9. The lowest BCUT2D eigenvalue weighted by Gasteiger charge is -2.23. The van der Waals surface area contributed by atoms with Crippen molar-refractivity contribution in [1.29, 1.82) is 0 Å². The van der Waals surface area contributed by atoms with E-state index >= 15 is 0 Å². The molecule has 0 amide bonds. The molecule has 3 nitrogen and oxygen atoms in total. The van der Waals surface area contributed by atoms with Crippen LogP contribution in [0.3, 0.4) is 0 Å². The van der Waals surface area contributed by atoms with Crippen molar-refractivity contribution in [2.75, 3.05) is 20.7 Å². The zero-order chi connectivity index (χ0) is 12.4. The third-order valence-electron chi connectivity index (χ3n) is 2.80. The minimum atomic E-state index is -0.398. The van der Waals surface area contributed by atoms with Crippen LogP contribution in [-0.2, 0) is 4.74 Å². The zero-order valence-corrected chi connectivity index (χ0v) is 13.4. The Bertz CT molecular complexity index is 146. The number of hydrogen-bond acceptors (Lipinski definition) is 2. The molecule has 0 saturated carbocycles. The molecule has 0 aromatic carbocycles. The van der Waals surface area contributed by atoms with E-state index in [0.29, 0.717) is 0 Å². The molecule has 2 atom stereocenters. The Labute approximate surface area is 117 Å². The van der Waals surface area contributed by atoms with Gasteiger partial charge in [0.2, 0.25) is 6.23 Å². The van der Waals surface area contributed by atoms with Crippen molar-refractivity contribution in [2.45, 2.75) is 64.7 Å². The molecule has 0 aromatic heterocycles. The number of ether oxygens (including phenoxy) is 1. The third-order valence-corrected chi connectivity index (χ3v) is 2.80. The zero-order valence-electron chi connectivity index (χ0n) is 11.8. The molecule has 17 heavy (non-hydrogen) atoms. The first-order valence-corrected chi connectivity index (χ1v) is 6.69. The molecule has 0 heterocycles. The van der Waals surface area contributed by atoms with Crippen molar-refractivity contribution in [1.82, 2.24) is 0 Å². The van der Waals surface area contributed by atoms with Gasteiger partial charge in [0.25, 0.3) is 0 Å². The summed E-state index contributed by atoms with van der Waals surface area (Å²) in [5.74, 6) is 0. The van der Waals surface area contributed by atoms with Crippen LogP contribution in [0.15, 0.2) is 0 Å². The van der Waals surface area contributed by atoms with E-state index in [2.05, 4.69) is 6.92 Å². The van der Waals surface area contributed by atoms with E-state index < -0.39 is 6.10 Å². The summed E-state index contributed by atoms with van der Waals surface area (Å²) in [6.45, 7) is 4.79. The number of rotatable bonds is 10. The second kappa shape index (κ2) is 12.8. The highest BCUT2D eigenvalue weighted by Crippen LogP contribution is 2.05. The summed E-state index contributed by atoms with van der Waals surface area (Å²) in [5, 5.41) is 9.51. The van der Waals surface area contributed by atoms with Gasteiger partial charge in [-0.15, -0.1) is 0 Å². The summed E-state index contributed by atoms with van der Waals surface area (Å²) in [6.07, 6.45) is 7.17. The van der Waals surface area contributed by atoms with E-state index in [1.54, 1.807) is 6.92 Å². The summed E-state index contributed by atoms with van der Waals surface area (Å²) >= 11 is 0. The maximum absolute atomic E-state index is 9.51. The highest BCUT2D eigenvalue weighted by Gasteiger charge is 2.20. The molecule has 0 saturated heterocycles. The summed E-state index contributed by atoms with van der Waals surface area (Å²) in [6, 6.07) is 0. The molecular formula is C13H30BrNO2. The molecule has 0 bridgehead atoms. The lowest BCUT2D eigenvalue weighted by Crippen LogP contribution is -3.11. The smallest absolute Gasteiger partial charge is 0.217 e. The van der Waals surface area contributed by atoms with Gasteiger partial charge >= 0.3 is 0 Å². The van der Waals surface area contributed by atoms with E-state index in [9.17, 15) is 5.11 Å². The van der Waals surface area contributed by atoms with Gasteiger partial charge in [0.1, 0.15) is 6.10 Å². The van der Waals surface area contributed by atoms with E-state index in [0.717, 1.165) is 17.9 Å². The van der Waals surface area contributed by atoms with Gasteiger partial charge in [0.05, 0.1) is 20.7 Å². The quantitative estimate of drug-likeness (QED) is 0.369. The van der Waals surface area contributed by atoms with Gasteiger partial charge in [-0.25, -0.2) is 0 Å². The fourth-order valence-electron chi connectivity index (χ4n) is 1.88. The van der Waals surface area contributed by atoms with E-state index in [1.165, 1.54) is 32.1 Å². The lowest BCUT2D eigenvalue weighted by atomic mass is 10.1. The first kappa shape index (κ1) is 19.7. The molecule has 4 heteroatoms. The van der Waals surface area contributed by atoms with Crippen LogP contribution in [0, 0.1) is 0 Å². The van der Waals surface area contributed by atoms with Gasteiger partial charge in [-0.05, 0) is 13.3 Å². The second-order valence-electron chi connectivity index (χ2n) is 4.88. The molecule has 0 spiro atoms. The topological polar surface area (TPSA) is 33.9 Å².